The van der Waals surface area contributed by atoms with Gasteiger partial charge in [-0.15, -0.1) is 0 Å². The number of ether oxygens (including phenoxy) is 1. The second kappa shape index (κ2) is 7.80. The second-order valence-electron chi connectivity index (χ2n) is 4.83. The van der Waals surface area contributed by atoms with Crippen LogP contribution in [-0.4, -0.2) is 5.97 Å². The van der Waals surface area contributed by atoms with Crippen LogP contribution in [0.4, 0.5) is 0 Å². The molecule has 0 aromatic heterocycles. The van der Waals surface area contributed by atoms with Crippen LogP contribution in [0.2, 0.25) is 0 Å². The normalized spacial score (nSPS) is 10.4. The smallest absolute Gasteiger partial charge is 0.343 e. The van der Waals surface area contributed by atoms with Gasteiger partial charge in [0.25, 0.3) is 0 Å². The zero-order valence-electron chi connectivity index (χ0n) is 12.5. The van der Waals surface area contributed by atoms with Gasteiger partial charge in [-0.1, -0.05) is 24.3 Å². The van der Waals surface area contributed by atoms with Crippen LogP contribution in [-0.2, 0) is 6.42 Å². The zero-order chi connectivity index (χ0) is 15.8. The molecule has 3 nitrogen and oxygen atoms in total. The molecule has 0 radical (unpaired) electrons. The SMILES string of the molecule is CC=CCCc1ccc(C(=O)Oc2ccc(C#N)cc2)cc1. The number of hydrogen-bond acceptors (Lipinski definition) is 3. The molecule has 22 heavy (non-hydrogen) atoms. The summed E-state index contributed by atoms with van der Waals surface area (Å²) >= 11 is 0. The molecule has 0 aliphatic carbocycles. The minimum atomic E-state index is -0.398. The molecule has 2 rings (SSSR count). The highest BCUT2D eigenvalue weighted by Crippen LogP contribution is 2.15. The fraction of sp³-hybridized carbons (Fsp3) is 0.158. The molecule has 0 aliphatic heterocycles. The number of allylic oxidation sites excluding steroid dienone is 2. The summed E-state index contributed by atoms with van der Waals surface area (Å²) in [5, 5.41) is 8.73. The van der Waals surface area contributed by atoms with E-state index in [9.17, 15) is 4.79 Å². The Bertz CT molecular complexity index is 692. The number of nitriles is 1. The second-order valence-corrected chi connectivity index (χ2v) is 4.83. The summed E-state index contributed by atoms with van der Waals surface area (Å²) in [6, 6.07) is 15.9. The van der Waals surface area contributed by atoms with Crippen molar-refractivity contribution in [3.05, 3.63) is 77.4 Å². The summed E-state index contributed by atoms with van der Waals surface area (Å²) in [5.41, 5.74) is 2.23. The van der Waals surface area contributed by atoms with Crippen LogP contribution >= 0.6 is 0 Å². The minimum absolute atomic E-state index is 0.398. The molecule has 0 amide bonds. The highest BCUT2D eigenvalue weighted by atomic mass is 16.5. The largest absolute Gasteiger partial charge is 0.423 e. The monoisotopic (exact) mass is 291 g/mol. The van der Waals surface area contributed by atoms with E-state index in [1.165, 1.54) is 5.56 Å². The van der Waals surface area contributed by atoms with E-state index >= 15 is 0 Å². The summed E-state index contributed by atoms with van der Waals surface area (Å²) in [5.74, 6) is 0.0332. The van der Waals surface area contributed by atoms with E-state index in [0.29, 0.717) is 16.9 Å². The standard InChI is InChI=1S/C19H17NO2/c1-2-3-4-5-15-6-10-17(11-7-15)19(21)22-18-12-8-16(14-20)9-13-18/h2-3,6-13H,4-5H2,1H3. The Kier molecular flexibility index (Phi) is 5.50. The predicted octanol–water partition coefficient (Wildman–Crippen LogP) is 4.29. The molecule has 2 aromatic rings. The molecular weight excluding hydrogens is 274 g/mol. The predicted molar refractivity (Wildman–Crippen MR) is 85.7 cm³/mol. The van der Waals surface area contributed by atoms with Crippen molar-refractivity contribution in [1.82, 2.24) is 0 Å². The summed E-state index contributed by atoms with van der Waals surface area (Å²) in [4.78, 5) is 12.0. The lowest BCUT2D eigenvalue weighted by molar-refractivity contribution is 0.0735. The number of benzene rings is 2. The minimum Gasteiger partial charge on any atom is -0.423 e. The van der Waals surface area contributed by atoms with Crippen LogP contribution < -0.4 is 4.74 Å². The Labute approximate surface area is 130 Å². The highest BCUT2D eigenvalue weighted by molar-refractivity contribution is 5.91. The average molecular weight is 291 g/mol. The Balaban J connectivity index is 1.98. The number of nitrogens with zero attached hydrogens (tertiary/aromatic N) is 1. The van der Waals surface area contributed by atoms with Gasteiger partial charge in [0.1, 0.15) is 5.75 Å². The fourth-order valence-electron chi connectivity index (χ4n) is 1.99. The van der Waals surface area contributed by atoms with Crippen molar-refractivity contribution < 1.29 is 9.53 Å². The van der Waals surface area contributed by atoms with E-state index in [1.54, 1.807) is 36.4 Å². The third-order valence-corrected chi connectivity index (χ3v) is 3.22. The molecular formula is C19H17NO2. The van der Waals surface area contributed by atoms with E-state index in [4.69, 9.17) is 10.00 Å². The van der Waals surface area contributed by atoms with Gasteiger partial charge in [-0.25, -0.2) is 4.79 Å². The Hall–Kier alpha value is -2.86. The van der Waals surface area contributed by atoms with Crippen LogP contribution in [0.1, 0.15) is 34.8 Å². The molecule has 3 heteroatoms. The topological polar surface area (TPSA) is 50.1 Å². The Morgan fingerprint density at radius 3 is 2.41 bits per heavy atom. The molecule has 0 unspecified atom stereocenters. The van der Waals surface area contributed by atoms with Crippen molar-refractivity contribution in [3.63, 3.8) is 0 Å². The maximum atomic E-state index is 12.0. The van der Waals surface area contributed by atoms with Crippen molar-refractivity contribution in [3.8, 4) is 11.8 Å². The summed E-state index contributed by atoms with van der Waals surface area (Å²) < 4.78 is 5.28. The first-order chi connectivity index (χ1) is 10.7. The van der Waals surface area contributed by atoms with Crippen LogP contribution in [0, 0.1) is 11.3 Å². The van der Waals surface area contributed by atoms with Crippen molar-refractivity contribution in [2.45, 2.75) is 19.8 Å². The van der Waals surface area contributed by atoms with Crippen molar-refractivity contribution in [1.29, 1.82) is 5.26 Å². The van der Waals surface area contributed by atoms with Gasteiger partial charge in [0.05, 0.1) is 17.2 Å². The van der Waals surface area contributed by atoms with Crippen molar-refractivity contribution in [2.24, 2.45) is 0 Å². The van der Waals surface area contributed by atoms with Crippen LogP contribution in [0.3, 0.4) is 0 Å². The van der Waals surface area contributed by atoms with Gasteiger partial charge in [-0.3, -0.25) is 0 Å². The molecule has 0 heterocycles. The van der Waals surface area contributed by atoms with E-state index in [2.05, 4.69) is 6.08 Å². The molecule has 0 N–H and O–H groups in total. The van der Waals surface area contributed by atoms with Crippen molar-refractivity contribution >= 4 is 5.97 Å². The summed E-state index contributed by atoms with van der Waals surface area (Å²) in [6.07, 6.45) is 6.09. The number of hydrogen-bond donors (Lipinski definition) is 0. The third kappa shape index (κ3) is 4.32. The molecule has 110 valence electrons. The molecule has 0 spiro atoms. The van der Waals surface area contributed by atoms with Gasteiger partial charge in [-0.05, 0) is 61.7 Å². The van der Waals surface area contributed by atoms with Crippen LogP contribution in [0.25, 0.3) is 0 Å². The molecule has 0 saturated heterocycles. The number of carbonyl (C=O) groups is 1. The van der Waals surface area contributed by atoms with Gasteiger partial charge in [-0.2, -0.15) is 5.26 Å². The van der Waals surface area contributed by atoms with Gasteiger partial charge in [0.2, 0.25) is 0 Å². The lowest BCUT2D eigenvalue weighted by Gasteiger charge is -2.05. The molecule has 0 saturated carbocycles. The summed E-state index contributed by atoms with van der Waals surface area (Å²) in [6.45, 7) is 2.00. The zero-order valence-corrected chi connectivity index (χ0v) is 12.5. The number of esters is 1. The first-order valence-corrected chi connectivity index (χ1v) is 7.15. The summed E-state index contributed by atoms with van der Waals surface area (Å²) in [7, 11) is 0. The fourth-order valence-corrected chi connectivity index (χ4v) is 1.99. The highest BCUT2D eigenvalue weighted by Gasteiger charge is 2.08. The van der Waals surface area contributed by atoms with Gasteiger partial charge in [0, 0.05) is 0 Å². The van der Waals surface area contributed by atoms with Crippen molar-refractivity contribution in [2.75, 3.05) is 0 Å². The molecule has 0 aliphatic rings. The third-order valence-electron chi connectivity index (χ3n) is 3.22. The number of rotatable bonds is 5. The quantitative estimate of drug-likeness (QED) is 0.469. The van der Waals surface area contributed by atoms with Crippen LogP contribution in [0.15, 0.2) is 60.7 Å². The maximum Gasteiger partial charge on any atom is 0.343 e. The van der Waals surface area contributed by atoms with E-state index < -0.39 is 5.97 Å². The van der Waals surface area contributed by atoms with E-state index in [0.717, 1.165) is 12.8 Å². The Morgan fingerprint density at radius 1 is 1.14 bits per heavy atom. The molecule has 0 bridgehead atoms. The lowest BCUT2D eigenvalue weighted by atomic mass is 10.1. The first-order valence-electron chi connectivity index (χ1n) is 7.15. The molecule has 2 aromatic carbocycles. The lowest BCUT2D eigenvalue weighted by Crippen LogP contribution is -2.08. The number of aryl methyl sites for hydroxylation is 1. The molecule has 0 fully saturated rings. The van der Waals surface area contributed by atoms with Gasteiger partial charge < -0.3 is 4.74 Å². The van der Waals surface area contributed by atoms with E-state index in [1.807, 2.05) is 31.2 Å². The Morgan fingerprint density at radius 2 is 1.82 bits per heavy atom. The average Bonchev–Trinajstić information content (AvgIpc) is 2.56. The molecule has 0 atom stereocenters. The number of carbonyl (C=O) groups excluding carboxylic acids is 1. The van der Waals surface area contributed by atoms with E-state index in [-0.39, 0.29) is 0 Å². The maximum absolute atomic E-state index is 12.0. The first kappa shape index (κ1) is 15.5. The van der Waals surface area contributed by atoms with Gasteiger partial charge >= 0.3 is 5.97 Å². The van der Waals surface area contributed by atoms with Gasteiger partial charge in [0.15, 0.2) is 0 Å². The van der Waals surface area contributed by atoms with Crippen LogP contribution in [0.5, 0.6) is 5.75 Å².